The third kappa shape index (κ3) is 5.96. The number of benzene rings is 2. The van der Waals surface area contributed by atoms with E-state index < -0.39 is 17.4 Å². The molecule has 2 aromatic rings. The van der Waals surface area contributed by atoms with Gasteiger partial charge in [0, 0.05) is 16.8 Å². The molecule has 27 heavy (non-hydrogen) atoms. The molecule has 8 nitrogen and oxygen atoms in total. The standard InChI is InChI=1S/C18H18ClN3O5/c1-2-12-5-3-4-6-14(12)21-17(23)10-20-18(24)11-27-16-8-7-13(19)9-15(16)22(25)26/h3-9H,2,10-11H2,1H3,(H,20,24)(H,21,23). The SMILES string of the molecule is CCc1ccccc1NC(=O)CNC(=O)COc1ccc(Cl)cc1[N+](=O)[O-]. The number of carbonyl (C=O) groups excluding carboxylic acids is 2. The van der Waals surface area contributed by atoms with Crippen LogP contribution in [0, 0.1) is 10.1 Å². The van der Waals surface area contributed by atoms with Crippen LogP contribution in [-0.4, -0.2) is 29.9 Å². The minimum atomic E-state index is -0.655. The van der Waals surface area contributed by atoms with Crippen LogP contribution < -0.4 is 15.4 Å². The van der Waals surface area contributed by atoms with Crippen LogP contribution in [0.1, 0.15) is 12.5 Å². The number of hydrogen-bond acceptors (Lipinski definition) is 5. The molecular formula is C18H18ClN3O5. The number of nitrogens with zero attached hydrogens (tertiary/aromatic N) is 1. The second kappa shape index (κ2) is 9.54. The zero-order valence-corrected chi connectivity index (χ0v) is 15.3. The normalized spacial score (nSPS) is 10.1. The van der Waals surface area contributed by atoms with Gasteiger partial charge in [-0.25, -0.2) is 0 Å². The third-order valence-electron chi connectivity index (χ3n) is 3.59. The van der Waals surface area contributed by atoms with Gasteiger partial charge < -0.3 is 15.4 Å². The molecule has 0 spiro atoms. The Morgan fingerprint density at radius 2 is 1.93 bits per heavy atom. The summed E-state index contributed by atoms with van der Waals surface area (Å²) in [6.45, 7) is 1.25. The molecule has 0 unspecified atom stereocenters. The molecule has 0 aliphatic heterocycles. The van der Waals surface area contributed by atoms with E-state index in [0.717, 1.165) is 18.1 Å². The second-order valence-corrected chi connectivity index (χ2v) is 5.93. The monoisotopic (exact) mass is 391 g/mol. The molecule has 0 bridgehead atoms. The maximum atomic E-state index is 12.0. The Morgan fingerprint density at radius 3 is 2.63 bits per heavy atom. The minimum absolute atomic E-state index is 0.0825. The summed E-state index contributed by atoms with van der Waals surface area (Å²) >= 11 is 5.71. The van der Waals surface area contributed by atoms with E-state index in [-0.39, 0.29) is 28.9 Å². The van der Waals surface area contributed by atoms with Crippen molar-refractivity contribution >= 4 is 34.8 Å². The zero-order chi connectivity index (χ0) is 19.8. The summed E-state index contributed by atoms with van der Waals surface area (Å²) in [5.41, 5.74) is 1.33. The van der Waals surface area contributed by atoms with Gasteiger partial charge in [0.1, 0.15) is 0 Å². The van der Waals surface area contributed by atoms with Crippen LogP contribution in [0.4, 0.5) is 11.4 Å². The van der Waals surface area contributed by atoms with Crippen molar-refractivity contribution in [1.29, 1.82) is 0 Å². The van der Waals surface area contributed by atoms with Gasteiger partial charge in [-0.2, -0.15) is 0 Å². The van der Waals surface area contributed by atoms with E-state index in [1.54, 1.807) is 12.1 Å². The molecule has 0 heterocycles. The van der Waals surface area contributed by atoms with Crippen molar-refractivity contribution < 1.29 is 19.2 Å². The summed E-state index contributed by atoms with van der Waals surface area (Å²) < 4.78 is 5.16. The minimum Gasteiger partial charge on any atom is -0.477 e. The first-order valence-corrected chi connectivity index (χ1v) is 8.49. The van der Waals surface area contributed by atoms with Crippen LogP contribution in [0.25, 0.3) is 0 Å². The Morgan fingerprint density at radius 1 is 1.19 bits per heavy atom. The van der Waals surface area contributed by atoms with Crippen LogP contribution in [0.5, 0.6) is 5.75 Å². The van der Waals surface area contributed by atoms with E-state index in [1.165, 1.54) is 12.1 Å². The first kappa shape index (κ1) is 20.2. The van der Waals surface area contributed by atoms with Gasteiger partial charge in [-0.05, 0) is 30.2 Å². The van der Waals surface area contributed by atoms with Crippen LogP contribution in [0.15, 0.2) is 42.5 Å². The van der Waals surface area contributed by atoms with E-state index in [9.17, 15) is 19.7 Å². The number of ether oxygens (including phenoxy) is 1. The number of aryl methyl sites for hydroxylation is 1. The summed E-state index contributed by atoms with van der Waals surface area (Å²) in [6, 6.07) is 11.2. The lowest BCUT2D eigenvalue weighted by Gasteiger charge is -2.11. The van der Waals surface area contributed by atoms with Gasteiger partial charge >= 0.3 is 5.69 Å². The average Bonchev–Trinajstić information content (AvgIpc) is 2.65. The molecule has 2 aromatic carbocycles. The lowest BCUT2D eigenvalue weighted by Crippen LogP contribution is -2.36. The van der Waals surface area contributed by atoms with E-state index in [1.807, 2.05) is 19.1 Å². The maximum absolute atomic E-state index is 12.0. The van der Waals surface area contributed by atoms with E-state index in [2.05, 4.69) is 10.6 Å². The maximum Gasteiger partial charge on any atom is 0.312 e. The lowest BCUT2D eigenvalue weighted by atomic mass is 10.1. The van der Waals surface area contributed by atoms with Gasteiger partial charge in [-0.3, -0.25) is 19.7 Å². The number of nitro benzene ring substituents is 1. The number of carbonyl (C=O) groups is 2. The van der Waals surface area contributed by atoms with Crippen LogP contribution in [-0.2, 0) is 16.0 Å². The largest absolute Gasteiger partial charge is 0.477 e. The Hall–Kier alpha value is -3.13. The number of rotatable bonds is 8. The lowest BCUT2D eigenvalue weighted by molar-refractivity contribution is -0.385. The molecule has 0 radical (unpaired) electrons. The highest BCUT2D eigenvalue weighted by Crippen LogP contribution is 2.29. The quantitative estimate of drug-likeness (QED) is 0.531. The summed E-state index contributed by atoms with van der Waals surface area (Å²) in [6.07, 6.45) is 0.760. The van der Waals surface area contributed by atoms with Crippen molar-refractivity contribution in [1.82, 2.24) is 5.32 Å². The third-order valence-corrected chi connectivity index (χ3v) is 3.83. The number of nitrogens with one attached hydrogen (secondary N) is 2. The number of anilines is 1. The fraction of sp³-hybridized carbons (Fsp3) is 0.222. The van der Waals surface area contributed by atoms with E-state index in [0.29, 0.717) is 5.69 Å². The van der Waals surface area contributed by atoms with Crippen molar-refractivity contribution in [3.8, 4) is 5.75 Å². The Balaban J connectivity index is 1.84. The molecule has 0 aromatic heterocycles. The number of halogens is 1. The molecule has 9 heteroatoms. The highest BCUT2D eigenvalue weighted by Gasteiger charge is 2.17. The average molecular weight is 392 g/mol. The van der Waals surface area contributed by atoms with Crippen molar-refractivity contribution in [2.24, 2.45) is 0 Å². The molecule has 2 rings (SSSR count). The van der Waals surface area contributed by atoms with E-state index >= 15 is 0 Å². The number of para-hydroxylation sites is 1. The Bertz CT molecular complexity index is 857. The molecule has 2 amide bonds. The molecule has 0 saturated heterocycles. The van der Waals surface area contributed by atoms with Gasteiger partial charge in [0.2, 0.25) is 5.91 Å². The second-order valence-electron chi connectivity index (χ2n) is 5.49. The first-order valence-electron chi connectivity index (χ1n) is 8.12. The van der Waals surface area contributed by atoms with Gasteiger partial charge in [0.15, 0.2) is 12.4 Å². The molecule has 0 fully saturated rings. The first-order chi connectivity index (χ1) is 12.9. The number of nitro groups is 1. The molecule has 0 atom stereocenters. The van der Waals surface area contributed by atoms with Crippen molar-refractivity contribution in [2.45, 2.75) is 13.3 Å². The van der Waals surface area contributed by atoms with Gasteiger partial charge in [-0.1, -0.05) is 36.7 Å². The summed E-state index contributed by atoms with van der Waals surface area (Å²) in [7, 11) is 0. The fourth-order valence-electron chi connectivity index (χ4n) is 2.27. The fourth-order valence-corrected chi connectivity index (χ4v) is 2.44. The Kier molecular flexibility index (Phi) is 7.13. The molecular weight excluding hydrogens is 374 g/mol. The van der Waals surface area contributed by atoms with Crippen molar-refractivity contribution in [3.05, 3.63) is 63.2 Å². The predicted octanol–water partition coefficient (Wildman–Crippen LogP) is 2.94. The van der Waals surface area contributed by atoms with Crippen molar-refractivity contribution in [3.63, 3.8) is 0 Å². The smallest absolute Gasteiger partial charge is 0.312 e. The van der Waals surface area contributed by atoms with Crippen LogP contribution in [0.3, 0.4) is 0 Å². The van der Waals surface area contributed by atoms with Gasteiger partial charge in [0.25, 0.3) is 5.91 Å². The molecule has 0 aliphatic rings. The summed E-state index contributed by atoms with van der Waals surface area (Å²) in [5, 5.41) is 16.3. The zero-order valence-electron chi connectivity index (χ0n) is 14.5. The van der Waals surface area contributed by atoms with Gasteiger partial charge in [-0.15, -0.1) is 0 Å². The predicted molar refractivity (Wildman–Crippen MR) is 101 cm³/mol. The molecule has 142 valence electrons. The number of amides is 2. The number of hydrogen-bond donors (Lipinski definition) is 2. The molecule has 0 aliphatic carbocycles. The van der Waals surface area contributed by atoms with Crippen LogP contribution in [0.2, 0.25) is 5.02 Å². The molecule has 0 saturated carbocycles. The Labute approximate surface area is 160 Å². The van der Waals surface area contributed by atoms with E-state index in [4.69, 9.17) is 16.3 Å². The highest BCUT2D eigenvalue weighted by molar-refractivity contribution is 6.30. The highest BCUT2D eigenvalue weighted by atomic mass is 35.5. The molecule has 2 N–H and O–H groups in total. The van der Waals surface area contributed by atoms with Crippen LogP contribution >= 0.6 is 11.6 Å². The summed E-state index contributed by atoms with van der Waals surface area (Å²) in [5.74, 6) is -1.05. The van der Waals surface area contributed by atoms with Gasteiger partial charge in [0.05, 0.1) is 11.5 Å². The topological polar surface area (TPSA) is 111 Å². The summed E-state index contributed by atoms with van der Waals surface area (Å²) in [4.78, 5) is 34.1. The van der Waals surface area contributed by atoms with Crippen molar-refractivity contribution in [2.75, 3.05) is 18.5 Å².